The number of aromatic nitrogens is 2. The van der Waals surface area contributed by atoms with Crippen LogP contribution in [0.1, 0.15) is 31.5 Å². The fourth-order valence-corrected chi connectivity index (χ4v) is 3.90. The van der Waals surface area contributed by atoms with Crippen LogP contribution in [0.4, 0.5) is 0 Å². The molecule has 96 valence electrons. The first-order chi connectivity index (χ1) is 8.74. The molecule has 0 N–H and O–H groups in total. The molecule has 1 aromatic heterocycles. The van der Waals surface area contributed by atoms with E-state index < -0.39 is 0 Å². The summed E-state index contributed by atoms with van der Waals surface area (Å²) in [6, 6.07) is 8.41. The number of para-hydroxylation sites is 2. The summed E-state index contributed by atoms with van der Waals surface area (Å²) in [4.78, 5) is 5.49. The Morgan fingerprint density at radius 1 is 1.33 bits per heavy atom. The van der Waals surface area contributed by atoms with Gasteiger partial charge in [-0.15, -0.1) is 0 Å². The van der Waals surface area contributed by atoms with Crippen LogP contribution in [0.5, 0.6) is 0 Å². The van der Waals surface area contributed by atoms with E-state index in [-0.39, 0.29) is 0 Å². The van der Waals surface area contributed by atoms with E-state index in [1.54, 1.807) is 0 Å². The van der Waals surface area contributed by atoms with Crippen molar-refractivity contribution in [3.63, 3.8) is 0 Å². The van der Waals surface area contributed by atoms with Gasteiger partial charge in [-0.25, -0.2) is 4.98 Å². The van der Waals surface area contributed by atoms with Crippen LogP contribution in [0.3, 0.4) is 0 Å². The molecule has 0 aliphatic heterocycles. The fraction of sp³-hybridized carbons (Fsp3) is 0.533. The monoisotopic (exact) mass is 306 g/mol. The Kier molecular flexibility index (Phi) is 3.42. The molecule has 2 aromatic rings. The first kappa shape index (κ1) is 12.2. The van der Waals surface area contributed by atoms with Gasteiger partial charge in [-0.1, -0.05) is 34.5 Å². The van der Waals surface area contributed by atoms with Crippen LogP contribution in [0.25, 0.3) is 11.0 Å². The molecule has 2 unspecified atom stereocenters. The summed E-state index contributed by atoms with van der Waals surface area (Å²) in [5.74, 6) is 2.03. The third-order valence-corrected chi connectivity index (χ3v) is 4.90. The Morgan fingerprint density at radius 3 is 2.94 bits per heavy atom. The standard InChI is InChI=1S/C15H19BrN2/c1-18-14-8-3-2-7-13(14)17-15(18)10-11-5-4-6-12(16)9-11/h2-3,7-8,11-12H,4-6,9-10H2,1H3. The minimum atomic E-state index is 0.714. The fourth-order valence-electron chi connectivity index (χ4n) is 3.05. The van der Waals surface area contributed by atoms with Crippen LogP contribution in [0.2, 0.25) is 0 Å². The Labute approximate surface area is 117 Å². The predicted molar refractivity (Wildman–Crippen MR) is 79.1 cm³/mol. The second-order valence-corrected chi connectivity index (χ2v) is 6.70. The topological polar surface area (TPSA) is 17.8 Å². The molecule has 2 nitrogen and oxygen atoms in total. The number of fused-ring (bicyclic) bond motifs is 1. The van der Waals surface area contributed by atoms with Gasteiger partial charge in [0.25, 0.3) is 0 Å². The lowest BCUT2D eigenvalue weighted by Crippen LogP contribution is -2.18. The molecule has 1 aromatic carbocycles. The van der Waals surface area contributed by atoms with Crippen LogP contribution >= 0.6 is 15.9 Å². The number of imidazole rings is 1. The summed E-state index contributed by atoms with van der Waals surface area (Å²) in [6.07, 6.45) is 6.45. The Balaban J connectivity index is 1.84. The van der Waals surface area contributed by atoms with E-state index in [1.807, 2.05) is 0 Å². The molecule has 3 rings (SSSR count). The van der Waals surface area contributed by atoms with Crippen molar-refractivity contribution < 1.29 is 0 Å². The zero-order valence-corrected chi connectivity index (χ0v) is 12.4. The average molecular weight is 307 g/mol. The van der Waals surface area contributed by atoms with Gasteiger partial charge in [0.05, 0.1) is 11.0 Å². The number of halogens is 1. The van der Waals surface area contributed by atoms with Crippen LogP contribution in [0, 0.1) is 5.92 Å². The average Bonchev–Trinajstić information content (AvgIpc) is 2.67. The van der Waals surface area contributed by atoms with Crippen molar-refractivity contribution in [3.8, 4) is 0 Å². The van der Waals surface area contributed by atoms with Gasteiger partial charge in [0.2, 0.25) is 0 Å². The van der Waals surface area contributed by atoms with Crippen molar-refractivity contribution in [3.05, 3.63) is 30.1 Å². The highest BCUT2D eigenvalue weighted by Crippen LogP contribution is 2.31. The zero-order chi connectivity index (χ0) is 12.5. The first-order valence-corrected chi connectivity index (χ1v) is 7.70. The number of rotatable bonds is 2. The molecule has 1 aliphatic rings. The van der Waals surface area contributed by atoms with Gasteiger partial charge >= 0.3 is 0 Å². The minimum absolute atomic E-state index is 0.714. The Morgan fingerprint density at radius 2 is 2.17 bits per heavy atom. The van der Waals surface area contributed by atoms with Crippen molar-refractivity contribution in [2.24, 2.45) is 13.0 Å². The lowest BCUT2D eigenvalue weighted by Gasteiger charge is -2.25. The van der Waals surface area contributed by atoms with Crippen LogP contribution in [0.15, 0.2) is 24.3 Å². The summed E-state index contributed by atoms with van der Waals surface area (Å²) in [5.41, 5.74) is 2.37. The molecule has 1 aliphatic carbocycles. The molecule has 18 heavy (non-hydrogen) atoms. The molecule has 1 heterocycles. The van der Waals surface area contributed by atoms with E-state index in [1.165, 1.54) is 37.0 Å². The molecule has 0 spiro atoms. The summed E-state index contributed by atoms with van der Waals surface area (Å²) < 4.78 is 2.26. The van der Waals surface area contributed by atoms with E-state index in [4.69, 9.17) is 4.98 Å². The normalized spacial score (nSPS) is 24.6. The van der Waals surface area contributed by atoms with Gasteiger partial charge < -0.3 is 4.57 Å². The Bertz CT molecular complexity index is 546. The van der Waals surface area contributed by atoms with E-state index in [2.05, 4.69) is 51.8 Å². The summed E-state index contributed by atoms with van der Waals surface area (Å²) in [5, 5.41) is 0. The van der Waals surface area contributed by atoms with Gasteiger partial charge in [0.1, 0.15) is 5.82 Å². The second-order valence-electron chi connectivity index (χ2n) is 5.41. The predicted octanol–water partition coefficient (Wildman–Crippen LogP) is 4.07. The van der Waals surface area contributed by atoms with Gasteiger partial charge in [0.15, 0.2) is 0 Å². The van der Waals surface area contributed by atoms with E-state index >= 15 is 0 Å². The van der Waals surface area contributed by atoms with Crippen LogP contribution in [-0.4, -0.2) is 14.4 Å². The smallest absolute Gasteiger partial charge is 0.109 e. The lowest BCUT2D eigenvalue weighted by atomic mass is 9.87. The number of aryl methyl sites for hydroxylation is 1. The largest absolute Gasteiger partial charge is 0.331 e. The Hall–Kier alpha value is -0.830. The molecule has 0 radical (unpaired) electrons. The van der Waals surface area contributed by atoms with Crippen molar-refractivity contribution in [2.75, 3.05) is 0 Å². The third kappa shape index (κ3) is 2.33. The van der Waals surface area contributed by atoms with E-state index in [0.717, 1.165) is 17.9 Å². The number of benzene rings is 1. The molecular weight excluding hydrogens is 288 g/mol. The highest BCUT2D eigenvalue weighted by atomic mass is 79.9. The quantitative estimate of drug-likeness (QED) is 0.765. The molecule has 2 atom stereocenters. The van der Waals surface area contributed by atoms with Gasteiger partial charge in [-0.2, -0.15) is 0 Å². The molecule has 0 amide bonds. The number of hydrogen-bond donors (Lipinski definition) is 0. The highest BCUT2D eigenvalue weighted by molar-refractivity contribution is 9.09. The molecule has 3 heteroatoms. The zero-order valence-electron chi connectivity index (χ0n) is 10.8. The SMILES string of the molecule is Cn1c(CC2CCCC(Br)C2)nc2ccccc21. The minimum Gasteiger partial charge on any atom is -0.331 e. The molecule has 0 saturated heterocycles. The molecule has 1 fully saturated rings. The molecule has 1 saturated carbocycles. The first-order valence-electron chi connectivity index (χ1n) is 6.78. The van der Waals surface area contributed by atoms with Crippen molar-refractivity contribution in [1.82, 2.24) is 9.55 Å². The maximum atomic E-state index is 4.78. The van der Waals surface area contributed by atoms with Crippen molar-refractivity contribution in [2.45, 2.75) is 36.9 Å². The van der Waals surface area contributed by atoms with Crippen molar-refractivity contribution in [1.29, 1.82) is 0 Å². The maximum Gasteiger partial charge on any atom is 0.109 e. The van der Waals surface area contributed by atoms with Crippen LogP contribution in [-0.2, 0) is 13.5 Å². The summed E-state index contributed by atoms with van der Waals surface area (Å²) >= 11 is 3.77. The van der Waals surface area contributed by atoms with Crippen LogP contribution < -0.4 is 0 Å². The summed E-state index contributed by atoms with van der Waals surface area (Å²) in [7, 11) is 2.14. The van der Waals surface area contributed by atoms with Gasteiger partial charge in [-0.3, -0.25) is 0 Å². The van der Waals surface area contributed by atoms with Crippen molar-refractivity contribution >= 4 is 27.0 Å². The maximum absolute atomic E-state index is 4.78. The van der Waals surface area contributed by atoms with E-state index in [9.17, 15) is 0 Å². The molecular formula is C15H19BrN2. The third-order valence-electron chi connectivity index (χ3n) is 4.07. The summed E-state index contributed by atoms with van der Waals surface area (Å²) in [6.45, 7) is 0. The highest BCUT2D eigenvalue weighted by Gasteiger charge is 2.22. The lowest BCUT2D eigenvalue weighted by molar-refractivity contribution is 0.360. The number of alkyl halides is 1. The number of nitrogens with zero attached hydrogens (tertiary/aromatic N) is 2. The van der Waals surface area contributed by atoms with Gasteiger partial charge in [-0.05, 0) is 37.3 Å². The second kappa shape index (κ2) is 5.04. The molecule has 0 bridgehead atoms. The van der Waals surface area contributed by atoms with Gasteiger partial charge in [0, 0.05) is 18.3 Å². The van der Waals surface area contributed by atoms with E-state index in [0.29, 0.717) is 4.83 Å². The number of hydrogen-bond acceptors (Lipinski definition) is 1.